The van der Waals surface area contributed by atoms with Gasteiger partial charge in [-0.15, -0.1) is 0 Å². The number of likely N-dealkylation sites (N-methyl/N-ethyl adjacent to an activating group) is 1. The molecule has 2 N–H and O–H groups in total. The number of carbonyl (C=O) groups excluding carboxylic acids is 2. The zero-order chi connectivity index (χ0) is 23.4. The molecule has 4 atom stereocenters. The van der Waals surface area contributed by atoms with Crippen molar-refractivity contribution in [2.45, 2.75) is 44.7 Å². The van der Waals surface area contributed by atoms with Gasteiger partial charge in [0.15, 0.2) is 0 Å². The third-order valence-corrected chi connectivity index (χ3v) is 7.07. The monoisotopic (exact) mass is 473 g/mol. The van der Waals surface area contributed by atoms with Gasteiger partial charge in [0.25, 0.3) is 0 Å². The molecule has 0 bridgehead atoms. The number of halogens is 2. The van der Waals surface area contributed by atoms with Crippen LogP contribution in [0.3, 0.4) is 0 Å². The molecule has 1 fully saturated rings. The zero-order valence-electron chi connectivity index (χ0n) is 19.0. The molecule has 2 aromatic rings. The van der Waals surface area contributed by atoms with Crippen LogP contribution in [0.2, 0.25) is 10.0 Å². The number of fused-ring (bicyclic) bond motifs is 2. The van der Waals surface area contributed by atoms with Crippen LogP contribution in [0.5, 0.6) is 0 Å². The number of hydrogen-bond acceptors (Lipinski definition) is 3. The van der Waals surface area contributed by atoms with Crippen molar-refractivity contribution in [1.82, 2.24) is 10.2 Å². The van der Waals surface area contributed by atoms with E-state index in [9.17, 15) is 9.59 Å². The van der Waals surface area contributed by atoms with Gasteiger partial charge in [0.1, 0.15) is 5.41 Å². The van der Waals surface area contributed by atoms with Crippen LogP contribution in [0.4, 0.5) is 5.69 Å². The van der Waals surface area contributed by atoms with E-state index in [1.165, 1.54) is 0 Å². The van der Waals surface area contributed by atoms with Crippen molar-refractivity contribution in [1.29, 1.82) is 0 Å². The molecule has 2 heterocycles. The summed E-state index contributed by atoms with van der Waals surface area (Å²) in [7, 11) is 3.51. The first kappa shape index (κ1) is 23.1. The van der Waals surface area contributed by atoms with Gasteiger partial charge >= 0.3 is 0 Å². The summed E-state index contributed by atoms with van der Waals surface area (Å²) < 4.78 is 0. The molecular formula is C25H29Cl2N3O2. The number of nitrogens with one attached hydrogen (secondary N) is 2. The normalized spacial score (nSPS) is 26.8. The molecule has 2 amide bonds. The van der Waals surface area contributed by atoms with E-state index in [1.807, 2.05) is 36.4 Å². The number of anilines is 1. The Kier molecular flexibility index (Phi) is 5.81. The van der Waals surface area contributed by atoms with Gasteiger partial charge in [-0.25, -0.2) is 0 Å². The van der Waals surface area contributed by atoms with Crippen LogP contribution in [0.15, 0.2) is 42.5 Å². The van der Waals surface area contributed by atoms with Crippen LogP contribution in [0.25, 0.3) is 0 Å². The molecule has 1 spiro atoms. The van der Waals surface area contributed by atoms with Gasteiger partial charge in [-0.05, 0) is 47.2 Å². The van der Waals surface area contributed by atoms with Gasteiger partial charge in [-0.2, -0.15) is 0 Å². The highest BCUT2D eigenvalue weighted by Gasteiger charge is 2.65. The van der Waals surface area contributed by atoms with Crippen LogP contribution in [0, 0.1) is 11.3 Å². The maximum Gasteiger partial charge on any atom is 0.239 e. The summed E-state index contributed by atoms with van der Waals surface area (Å²) >= 11 is 12.4. The van der Waals surface area contributed by atoms with Gasteiger partial charge in [-0.1, -0.05) is 62.2 Å². The Bertz CT molecular complexity index is 1060. The minimum Gasteiger partial charge on any atom is -0.347 e. The minimum atomic E-state index is -0.961. The van der Waals surface area contributed by atoms with E-state index in [-0.39, 0.29) is 23.1 Å². The maximum atomic E-state index is 13.9. The molecule has 0 radical (unpaired) electrons. The molecule has 2 aliphatic heterocycles. The van der Waals surface area contributed by atoms with E-state index in [0.29, 0.717) is 22.2 Å². The summed E-state index contributed by atoms with van der Waals surface area (Å²) in [6.45, 7) is 6.43. The molecule has 0 saturated carbocycles. The molecule has 32 heavy (non-hydrogen) atoms. The fraction of sp³-hybridized carbons (Fsp3) is 0.440. The number of nitrogens with zero attached hydrogens (tertiary/aromatic N) is 1. The second-order valence-corrected chi connectivity index (χ2v) is 11.1. The molecule has 7 heteroatoms. The lowest BCUT2D eigenvalue weighted by atomic mass is 9.62. The Balaban J connectivity index is 1.98. The molecule has 4 rings (SSSR count). The van der Waals surface area contributed by atoms with E-state index >= 15 is 0 Å². The fourth-order valence-electron chi connectivity index (χ4n) is 5.36. The number of benzene rings is 2. The van der Waals surface area contributed by atoms with Gasteiger partial charge in [0.05, 0.1) is 12.1 Å². The first-order valence-corrected chi connectivity index (χ1v) is 11.5. The average Bonchev–Trinajstić information content (AvgIpc) is 3.16. The zero-order valence-corrected chi connectivity index (χ0v) is 20.5. The summed E-state index contributed by atoms with van der Waals surface area (Å²) in [5.41, 5.74) is 1.44. The number of hydrogen-bond donors (Lipinski definition) is 2. The standard InChI is InChI=1S/C25H29Cl2N3O2/c1-24(2,3)13-18-20(22(31)30(4)5)29-21(14-6-8-15(26)9-7-14)25(18)17-11-10-16(27)12-19(17)28-23(25)32/h6-12,18,20-21,29H,13H2,1-5H3,(H,28,32)/t18-,20+,21-,25?/m0/s1. The van der Waals surface area contributed by atoms with E-state index in [0.717, 1.165) is 11.1 Å². The predicted molar refractivity (Wildman–Crippen MR) is 129 cm³/mol. The smallest absolute Gasteiger partial charge is 0.239 e. The Labute approximate surface area is 199 Å². The highest BCUT2D eigenvalue weighted by Crippen LogP contribution is 2.58. The van der Waals surface area contributed by atoms with Crippen molar-refractivity contribution in [2.75, 3.05) is 19.4 Å². The maximum absolute atomic E-state index is 13.9. The van der Waals surface area contributed by atoms with E-state index in [1.54, 1.807) is 25.1 Å². The number of carbonyl (C=O) groups is 2. The van der Waals surface area contributed by atoms with Gasteiger partial charge in [0, 0.05) is 35.7 Å². The van der Waals surface area contributed by atoms with Gasteiger partial charge in [-0.3, -0.25) is 14.9 Å². The Morgan fingerprint density at radius 3 is 2.28 bits per heavy atom. The summed E-state index contributed by atoms with van der Waals surface area (Å²) in [5, 5.41) is 7.82. The lowest BCUT2D eigenvalue weighted by Crippen LogP contribution is -2.48. The predicted octanol–water partition coefficient (Wildman–Crippen LogP) is 5.04. The van der Waals surface area contributed by atoms with Crippen LogP contribution in [0.1, 0.15) is 44.4 Å². The third kappa shape index (κ3) is 3.70. The SMILES string of the molecule is CN(C)C(=O)[C@@H]1N[C@@H](c2ccc(Cl)cc2)C2(C(=O)Nc3cc(Cl)ccc32)[C@H]1CC(C)(C)C. The topological polar surface area (TPSA) is 61.4 Å². The van der Waals surface area contributed by atoms with Crippen molar-refractivity contribution < 1.29 is 9.59 Å². The van der Waals surface area contributed by atoms with Crippen molar-refractivity contribution in [3.63, 3.8) is 0 Å². The summed E-state index contributed by atoms with van der Waals surface area (Å²) in [4.78, 5) is 28.9. The van der Waals surface area contributed by atoms with Crippen molar-refractivity contribution >= 4 is 40.7 Å². The lowest BCUT2D eigenvalue weighted by Gasteiger charge is -2.38. The third-order valence-electron chi connectivity index (χ3n) is 6.58. The fourth-order valence-corrected chi connectivity index (χ4v) is 5.66. The highest BCUT2D eigenvalue weighted by atomic mass is 35.5. The van der Waals surface area contributed by atoms with Crippen LogP contribution >= 0.6 is 23.2 Å². The highest BCUT2D eigenvalue weighted by molar-refractivity contribution is 6.31. The Morgan fingerprint density at radius 2 is 1.69 bits per heavy atom. The summed E-state index contributed by atoms with van der Waals surface area (Å²) in [6, 6.07) is 12.1. The molecule has 0 aromatic heterocycles. The molecule has 2 aromatic carbocycles. The van der Waals surface area contributed by atoms with Crippen LogP contribution in [-0.2, 0) is 15.0 Å². The molecule has 1 saturated heterocycles. The first-order chi connectivity index (χ1) is 14.9. The van der Waals surface area contributed by atoms with Crippen molar-refractivity contribution in [3.05, 3.63) is 63.6 Å². The van der Waals surface area contributed by atoms with E-state index in [4.69, 9.17) is 23.2 Å². The van der Waals surface area contributed by atoms with Crippen molar-refractivity contribution in [2.24, 2.45) is 11.3 Å². The van der Waals surface area contributed by atoms with E-state index < -0.39 is 17.5 Å². The van der Waals surface area contributed by atoms with Crippen LogP contribution in [-0.4, -0.2) is 36.9 Å². The number of rotatable bonds is 3. The number of amides is 2. The van der Waals surface area contributed by atoms with E-state index in [2.05, 4.69) is 31.4 Å². The second-order valence-electron chi connectivity index (χ2n) is 10.2. The lowest BCUT2D eigenvalue weighted by molar-refractivity contribution is -0.132. The second kappa shape index (κ2) is 8.05. The summed E-state index contributed by atoms with van der Waals surface area (Å²) in [6.07, 6.45) is 0.684. The molecule has 0 aliphatic carbocycles. The molecule has 170 valence electrons. The average molecular weight is 474 g/mol. The molecule has 2 aliphatic rings. The van der Waals surface area contributed by atoms with Gasteiger partial charge in [0.2, 0.25) is 11.8 Å². The first-order valence-electron chi connectivity index (χ1n) is 10.8. The van der Waals surface area contributed by atoms with Crippen molar-refractivity contribution in [3.8, 4) is 0 Å². The van der Waals surface area contributed by atoms with Crippen LogP contribution < -0.4 is 10.6 Å². The Morgan fingerprint density at radius 1 is 1.06 bits per heavy atom. The quantitative estimate of drug-likeness (QED) is 0.656. The Hall–Kier alpha value is -2.08. The minimum absolute atomic E-state index is 0.0368. The molecule has 1 unspecified atom stereocenters. The summed E-state index contributed by atoms with van der Waals surface area (Å²) in [5.74, 6) is -0.406. The molecule has 5 nitrogen and oxygen atoms in total. The van der Waals surface area contributed by atoms with Gasteiger partial charge < -0.3 is 10.2 Å². The largest absolute Gasteiger partial charge is 0.347 e. The molecular weight excluding hydrogens is 445 g/mol.